The van der Waals surface area contributed by atoms with Crippen LogP contribution in [0.25, 0.3) is 0 Å². The number of hydrogen-bond acceptors (Lipinski definition) is 1. The van der Waals surface area contributed by atoms with Gasteiger partial charge in [0.1, 0.15) is 5.82 Å². The fraction of sp³-hybridized carbons (Fsp3) is 0.278. The van der Waals surface area contributed by atoms with Crippen molar-refractivity contribution in [1.29, 1.82) is 0 Å². The van der Waals surface area contributed by atoms with Crippen LogP contribution < -0.4 is 10.6 Å². The Morgan fingerprint density at radius 1 is 1.09 bits per heavy atom. The highest BCUT2D eigenvalue weighted by molar-refractivity contribution is 7.80. The number of rotatable bonds is 6. The summed E-state index contributed by atoms with van der Waals surface area (Å²) in [4.78, 5) is 0. The Labute approximate surface area is 136 Å². The lowest BCUT2D eigenvalue weighted by molar-refractivity contribution is 0.498. The average molecular weight is 316 g/mol. The molecule has 0 bridgehead atoms. The SMILES string of the molecule is CCC(CNC(=S)Nc1ccccc1F)Cc1ccccc1. The van der Waals surface area contributed by atoms with Gasteiger partial charge in [-0.3, -0.25) is 0 Å². The lowest BCUT2D eigenvalue weighted by Gasteiger charge is -2.18. The largest absolute Gasteiger partial charge is 0.362 e. The standard InChI is InChI=1S/C18H21FN2S/c1-2-14(12-15-8-4-3-5-9-15)13-20-18(22)21-17-11-7-6-10-16(17)19/h3-11,14H,2,12-13H2,1H3,(H2,20,21,22). The highest BCUT2D eigenvalue weighted by atomic mass is 32.1. The molecule has 2 aromatic rings. The monoisotopic (exact) mass is 316 g/mol. The second kappa shape index (κ2) is 8.49. The minimum atomic E-state index is -0.303. The Morgan fingerprint density at radius 3 is 2.45 bits per heavy atom. The summed E-state index contributed by atoms with van der Waals surface area (Å²) in [5.41, 5.74) is 1.72. The maximum absolute atomic E-state index is 13.6. The van der Waals surface area contributed by atoms with Gasteiger partial charge in [-0.05, 0) is 42.3 Å². The molecule has 0 aromatic heterocycles. The number of hydrogen-bond donors (Lipinski definition) is 2. The average Bonchev–Trinajstić information content (AvgIpc) is 2.54. The van der Waals surface area contributed by atoms with Crippen LogP contribution in [0.3, 0.4) is 0 Å². The second-order valence-electron chi connectivity index (χ2n) is 5.28. The van der Waals surface area contributed by atoms with E-state index in [1.54, 1.807) is 18.2 Å². The third-order valence-electron chi connectivity index (χ3n) is 3.62. The zero-order valence-corrected chi connectivity index (χ0v) is 13.5. The third-order valence-corrected chi connectivity index (χ3v) is 3.86. The van der Waals surface area contributed by atoms with Crippen LogP contribution >= 0.6 is 12.2 Å². The summed E-state index contributed by atoms with van der Waals surface area (Å²) in [6.07, 6.45) is 2.07. The van der Waals surface area contributed by atoms with Gasteiger partial charge in [-0.1, -0.05) is 55.8 Å². The van der Waals surface area contributed by atoms with Crippen molar-refractivity contribution in [2.75, 3.05) is 11.9 Å². The Kier molecular flexibility index (Phi) is 6.34. The molecule has 1 atom stereocenters. The first-order chi connectivity index (χ1) is 10.7. The van der Waals surface area contributed by atoms with Gasteiger partial charge in [-0.2, -0.15) is 0 Å². The van der Waals surface area contributed by atoms with Crippen molar-refractivity contribution in [1.82, 2.24) is 5.32 Å². The molecule has 0 saturated carbocycles. The maximum atomic E-state index is 13.6. The lowest BCUT2D eigenvalue weighted by Crippen LogP contribution is -2.33. The van der Waals surface area contributed by atoms with Gasteiger partial charge in [-0.15, -0.1) is 0 Å². The van der Waals surface area contributed by atoms with Gasteiger partial charge < -0.3 is 10.6 Å². The molecule has 2 aromatic carbocycles. The zero-order chi connectivity index (χ0) is 15.8. The van der Waals surface area contributed by atoms with Crippen molar-refractivity contribution in [3.63, 3.8) is 0 Å². The molecule has 2 N–H and O–H groups in total. The maximum Gasteiger partial charge on any atom is 0.170 e. The van der Waals surface area contributed by atoms with Crippen LogP contribution in [-0.4, -0.2) is 11.7 Å². The van der Waals surface area contributed by atoms with Crippen LogP contribution in [-0.2, 0) is 6.42 Å². The number of para-hydroxylation sites is 1. The quantitative estimate of drug-likeness (QED) is 0.773. The van der Waals surface area contributed by atoms with Crippen LogP contribution in [0.5, 0.6) is 0 Å². The van der Waals surface area contributed by atoms with E-state index in [0.29, 0.717) is 16.7 Å². The molecule has 0 saturated heterocycles. The Morgan fingerprint density at radius 2 is 1.77 bits per heavy atom. The van der Waals surface area contributed by atoms with E-state index in [9.17, 15) is 4.39 Å². The highest BCUT2D eigenvalue weighted by Crippen LogP contribution is 2.13. The van der Waals surface area contributed by atoms with E-state index in [4.69, 9.17) is 12.2 Å². The number of thiocarbonyl (C=S) groups is 1. The summed E-state index contributed by atoms with van der Waals surface area (Å²) in [6, 6.07) is 16.9. The van der Waals surface area contributed by atoms with E-state index in [-0.39, 0.29) is 5.82 Å². The van der Waals surface area contributed by atoms with Gasteiger partial charge >= 0.3 is 0 Å². The molecule has 116 valence electrons. The van der Waals surface area contributed by atoms with Crippen LogP contribution in [0.2, 0.25) is 0 Å². The first-order valence-corrected chi connectivity index (χ1v) is 7.93. The summed E-state index contributed by atoms with van der Waals surface area (Å²) in [6.45, 7) is 2.94. The minimum Gasteiger partial charge on any atom is -0.362 e. The van der Waals surface area contributed by atoms with Gasteiger partial charge in [0, 0.05) is 6.54 Å². The molecular weight excluding hydrogens is 295 g/mol. The van der Waals surface area contributed by atoms with Crippen molar-refractivity contribution in [3.05, 3.63) is 66.0 Å². The summed E-state index contributed by atoms with van der Waals surface area (Å²) < 4.78 is 13.6. The molecule has 1 unspecified atom stereocenters. The Balaban J connectivity index is 1.83. The predicted octanol–water partition coefficient (Wildman–Crippen LogP) is 4.38. The number of nitrogens with one attached hydrogen (secondary N) is 2. The molecule has 0 fully saturated rings. The van der Waals surface area contributed by atoms with Gasteiger partial charge in [0.2, 0.25) is 0 Å². The lowest BCUT2D eigenvalue weighted by atomic mass is 9.97. The van der Waals surface area contributed by atoms with Crippen molar-refractivity contribution >= 4 is 23.0 Å². The number of benzene rings is 2. The van der Waals surface area contributed by atoms with Crippen LogP contribution in [0.15, 0.2) is 54.6 Å². The zero-order valence-electron chi connectivity index (χ0n) is 12.7. The molecule has 0 spiro atoms. The fourth-order valence-corrected chi connectivity index (χ4v) is 2.47. The van der Waals surface area contributed by atoms with Crippen molar-refractivity contribution < 1.29 is 4.39 Å². The molecular formula is C18H21FN2S. The molecule has 0 radical (unpaired) electrons. The van der Waals surface area contributed by atoms with E-state index < -0.39 is 0 Å². The molecule has 2 rings (SSSR count). The molecule has 0 aliphatic carbocycles. The van der Waals surface area contributed by atoms with Crippen LogP contribution in [0, 0.1) is 11.7 Å². The summed E-state index contributed by atoms with van der Waals surface area (Å²) >= 11 is 5.24. The topological polar surface area (TPSA) is 24.1 Å². The molecule has 0 amide bonds. The van der Waals surface area contributed by atoms with Gasteiger partial charge in [-0.25, -0.2) is 4.39 Å². The molecule has 0 aliphatic heterocycles. The fourth-order valence-electron chi connectivity index (χ4n) is 2.27. The Hall–Kier alpha value is -1.94. The van der Waals surface area contributed by atoms with Gasteiger partial charge in [0.05, 0.1) is 5.69 Å². The molecule has 0 heterocycles. The second-order valence-corrected chi connectivity index (χ2v) is 5.69. The summed E-state index contributed by atoms with van der Waals surface area (Å²) in [7, 11) is 0. The van der Waals surface area contributed by atoms with E-state index in [1.165, 1.54) is 11.6 Å². The van der Waals surface area contributed by atoms with Crippen molar-refractivity contribution in [3.8, 4) is 0 Å². The third kappa shape index (κ3) is 5.11. The normalized spacial score (nSPS) is 11.7. The van der Waals surface area contributed by atoms with Crippen LogP contribution in [0.1, 0.15) is 18.9 Å². The first-order valence-electron chi connectivity index (χ1n) is 7.52. The van der Waals surface area contributed by atoms with E-state index >= 15 is 0 Å². The van der Waals surface area contributed by atoms with E-state index in [0.717, 1.165) is 19.4 Å². The summed E-state index contributed by atoms with van der Waals surface area (Å²) in [5.74, 6) is 0.186. The smallest absolute Gasteiger partial charge is 0.170 e. The molecule has 22 heavy (non-hydrogen) atoms. The number of halogens is 1. The van der Waals surface area contributed by atoms with Crippen LogP contribution in [0.4, 0.5) is 10.1 Å². The van der Waals surface area contributed by atoms with Gasteiger partial charge in [0.25, 0.3) is 0 Å². The Bertz CT molecular complexity index is 601. The molecule has 4 heteroatoms. The predicted molar refractivity (Wildman–Crippen MR) is 94.6 cm³/mol. The van der Waals surface area contributed by atoms with Gasteiger partial charge in [0.15, 0.2) is 5.11 Å². The van der Waals surface area contributed by atoms with E-state index in [1.807, 2.05) is 6.07 Å². The minimum absolute atomic E-state index is 0.303. The molecule has 0 aliphatic rings. The highest BCUT2D eigenvalue weighted by Gasteiger charge is 2.09. The number of anilines is 1. The van der Waals surface area contributed by atoms with E-state index in [2.05, 4.69) is 41.8 Å². The van der Waals surface area contributed by atoms with Crippen molar-refractivity contribution in [2.45, 2.75) is 19.8 Å². The first kappa shape index (κ1) is 16.4. The summed E-state index contributed by atoms with van der Waals surface area (Å²) in [5, 5.41) is 6.54. The van der Waals surface area contributed by atoms with Crippen molar-refractivity contribution in [2.24, 2.45) is 5.92 Å². The molecule has 2 nitrogen and oxygen atoms in total.